The molecule has 2 rings (SSSR count). The normalized spacial score (nSPS) is 10.4. The van der Waals surface area contributed by atoms with Crippen molar-refractivity contribution in [1.29, 1.82) is 0 Å². The molecule has 14 heavy (non-hydrogen) atoms. The van der Waals surface area contributed by atoms with Gasteiger partial charge >= 0.3 is 0 Å². The summed E-state index contributed by atoms with van der Waals surface area (Å²) in [6.07, 6.45) is 3.04. The van der Waals surface area contributed by atoms with Crippen LogP contribution in [0.5, 0.6) is 0 Å². The van der Waals surface area contributed by atoms with Crippen molar-refractivity contribution in [2.24, 2.45) is 0 Å². The Morgan fingerprint density at radius 3 is 2.57 bits per heavy atom. The summed E-state index contributed by atoms with van der Waals surface area (Å²) in [4.78, 5) is 0. The summed E-state index contributed by atoms with van der Waals surface area (Å²) < 4.78 is 1.98. The monoisotopic (exact) mass is 186 g/mol. The molecule has 1 aromatic heterocycles. The average molecular weight is 186 g/mol. The van der Waals surface area contributed by atoms with E-state index in [0.717, 1.165) is 18.7 Å². The van der Waals surface area contributed by atoms with E-state index in [2.05, 4.69) is 42.4 Å². The van der Waals surface area contributed by atoms with E-state index in [9.17, 15) is 0 Å². The van der Waals surface area contributed by atoms with Gasteiger partial charge in [-0.25, -0.2) is 0 Å². The third-order valence-electron chi connectivity index (χ3n) is 2.25. The van der Waals surface area contributed by atoms with E-state index < -0.39 is 0 Å². The van der Waals surface area contributed by atoms with Crippen molar-refractivity contribution in [3.63, 3.8) is 0 Å². The van der Waals surface area contributed by atoms with Gasteiger partial charge in [0, 0.05) is 6.20 Å². The zero-order chi connectivity index (χ0) is 9.80. The maximum absolute atomic E-state index is 4.44. The first-order valence-corrected chi connectivity index (χ1v) is 4.94. The fourth-order valence-electron chi connectivity index (χ4n) is 1.45. The van der Waals surface area contributed by atoms with Crippen LogP contribution in [0.15, 0.2) is 42.6 Å². The van der Waals surface area contributed by atoms with Gasteiger partial charge in [-0.1, -0.05) is 37.3 Å². The summed E-state index contributed by atoms with van der Waals surface area (Å²) in [5, 5.41) is 4.44. The molecule has 1 heterocycles. The zero-order valence-corrected chi connectivity index (χ0v) is 8.35. The molecule has 1 aromatic carbocycles. The van der Waals surface area contributed by atoms with Crippen LogP contribution in [-0.2, 0) is 13.0 Å². The molecule has 0 N–H and O–H groups in total. The van der Waals surface area contributed by atoms with Gasteiger partial charge in [0.25, 0.3) is 0 Å². The molecule has 2 heteroatoms. The van der Waals surface area contributed by atoms with Crippen molar-refractivity contribution < 1.29 is 0 Å². The summed E-state index contributed by atoms with van der Waals surface area (Å²) in [6.45, 7) is 2.98. The van der Waals surface area contributed by atoms with Crippen LogP contribution in [0.2, 0.25) is 0 Å². The highest BCUT2D eigenvalue weighted by Crippen LogP contribution is 2.03. The van der Waals surface area contributed by atoms with E-state index in [1.165, 1.54) is 5.56 Å². The number of aryl methyl sites for hydroxylation is 1. The fraction of sp³-hybridized carbons (Fsp3) is 0.250. The van der Waals surface area contributed by atoms with Gasteiger partial charge in [-0.15, -0.1) is 0 Å². The molecule has 0 saturated heterocycles. The lowest BCUT2D eigenvalue weighted by Crippen LogP contribution is -2.00. The lowest BCUT2D eigenvalue weighted by molar-refractivity contribution is 0.673. The highest BCUT2D eigenvalue weighted by Gasteiger charge is 1.96. The van der Waals surface area contributed by atoms with Gasteiger partial charge in [-0.05, 0) is 18.1 Å². The van der Waals surface area contributed by atoms with Crippen molar-refractivity contribution in [2.75, 3.05) is 0 Å². The third-order valence-corrected chi connectivity index (χ3v) is 2.25. The lowest BCUT2D eigenvalue weighted by Gasteiger charge is -2.00. The third kappa shape index (κ3) is 2.02. The Morgan fingerprint density at radius 2 is 1.93 bits per heavy atom. The molecular weight excluding hydrogens is 172 g/mol. The van der Waals surface area contributed by atoms with Crippen LogP contribution in [0.1, 0.15) is 18.2 Å². The van der Waals surface area contributed by atoms with E-state index >= 15 is 0 Å². The fourth-order valence-corrected chi connectivity index (χ4v) is 1.45. The Balaban J connectivity index is 2.11. The number of aromatic nitrogens is 2. The van der Waals surface area contributed by atoms with Crippen molar-refractivity contribution >= 4 is 0 Å². The van der Waals surface area contributed by atoms with Crippen LogP contribution in [0.4, 0.5) is 0 Å². The molecular formula is C12H14N2. The first-order valence-electron chi connectivity index (χ1n) is 4.94. The minimum absolute atomic E-state index is 0.862. The van der Waals surface area contributed by atoms with E-state index in [1.54, 1.807) is 0 Å². The molecule has 0 aliphatic carbocycles. The molecule has 0 bridgehead atoms. The second-order valence-corrected chi connectivity index (χ2v) is 3.34. The summed E-state index contributed by atoms with van der Waals surface area (Å²) in [5.41, 5.74) is 2.44. The van der Waals surface area contributed by atoms with Crippen LogP contribution < -0.4 is 0 Å². The Bertz CT molecular complexity index is 390. The molecule has 0 unspecified atom stereocenters. The van der Waals surface area contributed by atoms with Gasteiger partial charge in [0.2, 0.25) is 0 Å². The SMILES string of the molecule is CCc1ccn(Cc2ccccc2)n1. The minimum Gasteiger partial charge on any atom is -0.268 e. The van der Waals surface area contributed by atoms with Gasteiger partial charge in [0.1, 0.15) is 0 Å². The van der Waals surface area contributed by atoms with Gasteiger partial charge in [0.05, 0.1) is 12.2 Å². The standard InChI is InChI=1S/C12H14N2/c1-2-12-8-9-14(13-12)10-11-6-4-3-5-7-11/h3-9H,2,10H2,1H3. The predicted octanol–water partition coefficient (Wildman–Crippen LogP) is 2.49. The number of hydrogen-bond donors (Lipinski definition) is 0. The summed E-state index contributed by atoms with van der Waals surface area (Å²) in [5.74, 6) is 0. The number of hydrogen-bond acceptors (Lipinski definition) is 1. The molecule has 0 radical (unpaired) electrons. The van der Waals surface area contributed by atoms with Crippen molar-refractivity contribution in [2.45, 2.75) is 19.9 Å². The molecule has 2 aromatic rings. The van der Waals surface area contributed by atoms with Crippen LogP contribution >= 0.6 is 0 Å². The minimum atomic E-state index is 0.862. The molecule has 0 aliphatic rings. The lowest BCUT2D eigenvalue weighted by atomic mass is 10.2. The smallest absolute Gasteiger partial charge is 0.0659 e. The predicted molar refractivity (Wildman–Crippen MR) is 57.1 cm³/mol. The van der Waals surface area contributed by atoms with Crippen LogP contribution in [-0.4, -0.2) is 9.78 Å². The molecule has 0 fully saturated rings. The van der Waals surface area contributed by atoms with E-state index in [0.29, 0.717) is 0 Å². The van der Waals surface area contributed by atoms with Gasteiger partial charge in [0.15, 0.2) is 0 Å². The number of benzene rings is 1. The Morgan fingerprint density at radius 1 is 1.14 bits per heavy atom. The first-order chi connectivity index (χ1) is 6.88. The van der Waals surface area contributed by atoms with Crippen LogP contribution in [0, 0.1) is 0 Å². The van der Waals surface area contributed by atoms with Gasteiger partial charge in [-0.3, -0.25) is 4.68 Å². The van der Waals surface area contributed by atoms with Crippen LogP contribution in [0.25, 0.3) is 0 Å². The van der Waals surface area contributed by atoms with Crippen molar-refractivity contribution in [3.05, 3.63) is 53.9 Å². The molecule has 72 valence electrons. The number of nitrogens with zero attached hydrogens (tertiary/aromatic N) is 2. The molecule has 0 atom stereocenters. The summed E-state index contributed by atoms with van der Waals surface area (Å²) >= 11 is 0. The average Bonchev–Trinajstić information content (AvgIpc) is 2.67. The zero-order valence-electron chi connectivity index (χ0n) is 8.35. The Hall–Kier alpha value is -1.57. The highest BCUT2D eigenvalue weighted by molar-refractivity contribution is 5.15. The second-order valence-electron chi connectivity index (χ2n) is 3.34. The second kappa shape index (κ2) is 4.09. The molecule has 0 saturated carbocycles. The maximum atomic E-state index is 4.44. The molecule has 0 spiro atoms. The first kappa shape index (κ1) is 9.00. The van der Waals surface area contributed by atoms with Crippen LogP contribution in [0.3, 0.4) is 0 Å². The maximum Gasteiger partial charge on any atom is 0.0659 e. The molecule has 2 nitrogen and oxygen atoms in total. The van der Waals surface area contributed by atoms with E-state index in [4.69, 9.17) is 0 Å². The number of rotatable bonds is 3. The van der Waals surface area contributed by atoms with Gasteiger partial charge < -0.3 is 0 Å². The Labute approximate surface area is 84.2 Å². The summed E-state index contributed by atoms with van der Waals surface area (Å²) in [7, 11) is 0. The Kier molecular flexibility index (Phi) is 2.63. The quantitative estimate of drug-likeness (QED) is 0.720. The van der Waals surface area contributed by atoms with Gasteiger partial charge in [-0.2, -0.15) is 5.10 Å². The van der Waals surface area contributed by atoms with E-state index in [1.807, 2.05) is 16.9 Å². The summed E-state index contributed by atoms with van der Waals surface area (Å²) in [6, 6.07) is 12.5. The molecule has 0 aliphatic heterocycles. The largest absolute Gasteiger partial charge is 0.268 e. The van der Waals surface area contributed by atoms with Crippen molar-refractivity contribution in [1.82, 2.24) is 9.78 Å². The highest BCUT2D eigenvalue weighted by atomic mass is 15.3. The topological polar surface area (TPSA) is 17.8 Å². The van der Waals surface area contributed by atoms with Crippen molar-refractivity contribution in [3.8, 4) is 0 Å². The van der Waals surface area contributed by atoms with E-state index in [-0.39, 0.29) is 0 Å². The molecule has 0 amide bonds.